The van der Waals surface area contributed by atoms with Gasteiger partial charge >= 0.3 is 0 Å². The van der Waals surface area contributed by atoms with Crippen molar-refractivity contribution in [3.63, 3.8) is 0 Å². The van der Waals surface area contributed by atoms with E-state index in [0.717, 1.165) is 5.75 Å². The lowest BCUT2D eigenvalue weighted by Gasteiger charge is -2.35. The van der Waals surface area contributed by atoms with Gasteiger partial charge in [-0.25, -0.2) is 0 Å². The quantitative estimate of drug-likeness (QED) is 0.843. The molecule has 3 heteroatoms. The first-order chi connectivity index (χ1) is 8.52. The van der Waals surface area contributed by atoms with Crippen LogP contribution in [0.1, 0.15) is 25.5 Å². The van der Waals surface area contributed by atoms with Crippen LogP contribution in [0.3, 0.4) is 0 Å². The zero-order valence-corrected chi connectivity index (χ0v) is 12.2. The monoisotopic (exact) mass is 250 g/mol. The van der Waals surface area contributed by atoms with Gasteiger partial charge in [0.2, 0.25) is 0 Å². The second-order valence-electron chi connectivity index (χ2n) is 5.29. The Morgan fingerprint density at radius 3 is 2.28 bits per heavy atom. The predicted molar refractivity (Wildman–Crippen MR) is 76.8 cm³/mol. The minimum absolute atomic E-state index is 0.283. The summed E-state index contributed by atoms with van der Waals surface area (Å²) in [5.74, 6) is 1.89. The summed E-state index contributed by atoms with van der Waals surface area (Å²) in [6.07, 6.45) is 0. The van der Waals surface area contributed by atoms with Gasteiger partial charge in [-0.3, -0.25) is 0 Å². The fraction of sp³-hybridized carbons (Fsp3) is 0.600. The van der Waals surface area contributed by atoms with E-state index < -0.39 is 0 Å². The van der Waals surface area contributed by atoms with Gasteiger partial charge in [0.05, 0.1) is 7.11 Å². The highest BCUT2D eigenvalue weighted by Gasteiger charge is 2.28. The van der Waals surface area contributed by atoms with E-state index in [4.69, 9.17) is 10.5 Å². The molecule has 0 spiro atoms. The number of rotatable bonds is 6. The number of nitrogens with zero attached hydrogens (tertiary/aromatic N) is 1. The van der Waals surface area contributed by atoms with Crippen molar-refractivity contribution in [2.24, 2.45) is 17.6 Å². The number of methoxy groups -OCH3 is 1. The molecule has 2 atom stereocenters. The number of benzene rings is 1. The van der Waals surface area contributed by atoms with E-state index in [9.17, 15) is 0 Å². The molecule has 0 saturated heterocycles. The Hall–Kier alpha value is -1.06. The van der Waals surface area contributed by atoms with Crippen LogP contribution in [0.25, 0.3) is 0 Å². The molecule has 0 fully saturated rings. The van der Waals surface area contributed by atoms with E-state index in [2.05, 4.69) is 45.0 Å². The van der Waals surface area contributed by atoms with Crippen LogP contribution in [0, 0.1) is 11.8 Å². The predicted octanol–water partition coefficient (Wildman–Crippen LogP) is 2.53. The van der Waals surface area contributed by atoms with Gasteiger partial charge in [0, 0.05) is 11.6 Å². The summed E-state index contributed by atoms with van der Waals surface area (Å²) in [7, 11) is 5.92. The molecule has 0 aliphatic rings. The highest BCUT2D eigenvalue weighted by atomic mass is 16.5. The average molecular weight is 250 g/mol. The molecular weight excluding hydrogens is 224 g/mol. The highest BCUT2D eigenvalue weighted by Crippen LogP contribution is 2.36. The molecule has 1 aromatic rings. The Kier molecular flexibility index (Phi) is 5.63. The van der Waals surface area contributed by atoms with E-state index in [1.165, 1.54) is 5.56 Å². The lowest BCUT2D eigenvalue weighted by molar-refractivity contribution is 0.172. The molecule has 0 aliphatic heterocycles. The largest absolute Gasteiger partial charge is 0.496 e. The van der Waals surface area contributed by atoms with Gasteiger partial charge in [0.15, 0.2) is 0 Å². The van der Waals surface area contributed by atoms with Crippen molar-refractivity contribution in [2.45, 2.75) is 19.9 Å². The molecule has 1 aromatic carbocycles. The minimum atomic E-state index is 0.283. The smallest absolute Gasteiger partial charge is 0.123 e. The molecular formula is C15H26N2O. The van der Waals surface area contributed by atoms with Crippen LogP contribution in [0.5, 0.6) is 5.75 Å². The molecule has 0 aromatic heterocycles. The van der Waals surface area contributed by atoms with Crippen molar-refractivity contribution in [3.8, 4) is 5.75 Å². The van der Waals surface area contributed by atoms with Gasteiger partial charge in [0.1, 0.15) is 5.75 Å². The van der Waals surface area contributed by atoms with Crippen molar-refractivity contribution in [1.82, 2.24) is 4.90 Å². The maximum Gasteiger partial charge on any atom is 0.123 e. The van der Waals surface area contributed by atoms with Crippen molar-refractivity contribution in [2.75, 3.05) is 27.7 Å². The zero-order chi connectivity index (χ0) is 13.7. The summed E-state index contributed by atoms with van der Waals surface area (Å²) >= 11 is 0. The Morgan fingerprint density at radius 2 is 1.83 bits per heavy atom. The SMILES string of the molecule is COc1ccccc1C(C(CN)C(C)C)N(C)C. The number of para-hydroxylation sites is 1. The minimum Gasteiger partial charge on any atom is -0.496 e. The Morgan fingerprint density at radius 1 is 1.22 bits per heavy atom. The van der Waals surface area contributed by atoms with Crippen molar-refractivity contribution < 1.29 is 4.74 Å². The first kappa shape index (κ1) is 15.0. The fourth-order valence-corrected chi connectivity index (χ4v) is 2.57. The van der Waals surface area contributed by atoms with Crippen molar-refractivity contribution in [3.05, 3.63) is 29.8 Å². The topological polar surface area (TPSA) is 38.5 Å². The first-order valence-corrected chi connectivity index (χ1v) is 6.52. The molecule has 0 aliphatic carbocycles. The summed E-state index contributed by atoms with van der Waals surface area (Å²) in [4.78, 5) is 2.23. The van der Waals surface area contributed by atoms with E-state index in [0.29, 0.717) is 18.4 Å². The summed E-state index contributed by atoms with van der Waals surface area (Å²) in [5.41, 5.74) is 7.19. The summed E-state index contributed by atoms with van der Waals surface area (Å²) in [6, 6.07) is 8.49. The molecule has 18 heavy (non-hydrogen) atoms. The molecule has 1 rings (SSSR count). The number of nitrogens with two attached hydrogens (primary N) is 1. The molecule has 2 N–H and O–H groups in total. The maximum absolute atomic E-state index is 5.97. The molecule has 0 amide bonds. The third-order valence-corrected chi connectivity index (χ3v) is 3.55. The number of hydrogen-bond donors (Lipinski definition) is 1. The second-order valence-corrected chi connectivity index (χ2v) is 5.29. The van der Waals surface area contributed by atoms with Gasteiger partial charge in [0.25, 0.3) is 0 Å². The first-order valence-electron chi connectivity index (χ1n) is 6.52. The molecule has 102 valence electrons. The van der Waals surface area contributed by atoms with E-state index >= 15 is 0 Å². The van der Waals surface area contributed by atoms with Crippen LogP contribution in [-0.2, 0) is 0 Å². The van der Waals surface area contributed by atoms with Crippen LogP contribution >= 0.6 is 0 Å². The third kappa shape index (κ3) is 3.24. The van der Waals surface area contributed by atoms with E-state index in [1.807, 2.05) is 12.1 Å². The molecule has 0 saturated carbocycles. The van der Waals surface area contributed by atoms with E-state index in [-0.39, 0.29) is 6.04 Å². The van der Waals surface area contributed by atoms with Crippen LogP contribution in [0.4, 0.5) is 0 Å². The molecule has 3 nitrogen and oxygen atoms in total. The standard InChI is InChI=1S/C15H26N2O/c1-11(2)13(10-16)15(17(3)4)12-8-6-7-9-14(12)18-5/h6-9,11,13,15H,10,16H2,1-5H3. The Labute approximate surface area is 111 Å². The molecule has 0 heterocycles. The number of hydrogen-bond acceptors (Lipinski definition) is 3. The highest BCUT2D eigenvalue weighted by molar-refractivity contribution is 5.36. The molecule has 0 bridgehead atoms. The lowest BCUT2D eigenvalue weighted by atomic mass is 9.83. The maximum atomic E-state index is 5.97. The van der Waals surface area contributed by atoms with Crippen LogP contribution in [-0.4, -0.2) is 32.6 Å². The average Bonchev–Trinajstić information content (AvgIpc) is 2.34. The third-order valence-electron chi connectivity index (χ3n) is 3.55. The number of ether oxygens (including phenoxy) is 1. The van der Waals surface area contributed by atoms with Crippen LogP contribution in [0.2, 0.25) is 0 Å². The van der Waals surface area contributed by atoms with Crippen molar-refractivity contribution >= 4 is 0 Å². The van der Waals surface area contributed by atoms with Gasteiger partial charge in [-0.05, 0) is 38.5 Å². The normalized spacial score (nSPS) is 14.9. The van der Waals surface area contributed by atoms with E-state index in [1.54, 1.807) is 7.11 Å². The van der Waals surface area contributed by atoms with Gasteiger partial charge in [-0.2, -0.15) is 0 Å². The summed E-state index contributed by atoms with van der Waals surface area (Å²) in [5, 5.41) is 0. The second kappa shape index (κ2) is 6.76. The van der Waals surface area contributed by atoms with Gasteiger partial charge in [-0.1, -0.05) is 32.0 Å². The van der Waals surface area contributed by atoms with Crippen LogP contribution < -0.4 is 10.5 Å². The molecule has 0 radical (unpaired) electrons. The molecule has 2 unspecified atom stereocenters. The van der Waals surface area contributed by atoms with Gasteiger partial charge in [-0.15, -0.1) is 0 Å². The summed E-state index contributed by atoms with van der Waals surface area (Å²) in [6.45, 7) is 5.13. The lowest BCUT2D eigenvalue weighted by Crippen LogP contribution is -2.35. The van der Waals surface area contributed by atoms with Crippen molar-refractivity contribution in [1.29, 1.82) is 0 Å². The fourth-order valence-electron chi connectivity index (χ4n) is 2.57. The Bertz CT molecular complexity index is 363. The van der Waals surface area contributed by atoms with Crippen LogP contribution in [0.15, 0.2) is 24.3 Å². The summed E-state index contributed by atoms with van der Waals surface area (Å²) < 4.78 is 5.48. The van der Waals surface area contributed by atoms with Gasteiger partial charge < -0.3 is 15.4 Å². The zero-order valence-electron chi connectivity index (χ0n) is 12.2. The Balaban J connectivity index is 3.19.